The van der Waals surface area contributed by atoms with Crippen molar-refractivity contribution >= 4 is 11.9 Å². The van der Waals surface area contributed by atoms with E-state index >= 15 is 0 Å². The van der Waals surface area contributed by atoms with Crippen LogP contribution in [0.25, 0.3) is 6.08 Å². The summed E-state index contributed by atoms with van der Waals surface area (Å²) >= 11 is 0. The van der Waals surface area contributed by atoms with Crippen molar-refractivity contribution in [3.63, 3.8) is 0 Å². The van der Waals surface area contributed by atoms with Crippen molar-refractivity contribution in [2.24, 2.45) is 4.99 Å². The molecule has 3 heteroatoms. The summed E-state index contributed by atoms with van der Waals surface area (Å²) in [6, 6.07) is 3.93. The Bertz CT molecular complexity index is 549. The lowest BCUT2D eigenvalue weighted by Gasteiger charge is -2.11. The minimum absolute atomic E-state index is 0.866. The minimum Gasteiger partial charge on any atom is -0.344 e. The van der Waals surface area contributed by atoms with Gasteiger partial charge in [0.2, 0.25) is 0 Å². The third-order valence-corrected chi connectivity index (χ3v) is 2.69. The maximum atomic E-state index is 4.14. The van der Waals surface area contributed by atoms with E-state index in [1.54, 1.807) is 25.5 Å². The van der Waals surface area contributed by atoms with E-state index in [2.05, 4.69) is 34.9 Å². The Morgan fingerprint density at radius 3 is 2.55 bits per heavy atom. The molecule has 1 N–H and O–H groups in total. The van der Waals surface area contributed by atoms with Crippen LogP contribution in [0.1, 0.15) is 19.4 Å². The van der Waals surface area contributed by atoms with Gasteiger partial charge in [0.05, 0.1) is 5.84 Å². The van der Waals surface area contributed by atoms with Crippen LogP contribution < -0.4 is 5.32 Å². The van der Waals surface area contributed by atoms with Gasteiger partial charge in [-0.25, -0.2) is 0 Å². The molecule has 1 rings (SSSR count). The van der Waals surface area contributed by atoms with Crippen molar-refractivity contribution in [2.45, 2.75) is 13.8 Å². The van der Waals surface area contributed by atoms with E-state index < -0.39 is 0 Å². The smallest absolute Gasteiger partial charge is 0.0972 e. The molecule has 0 fully saturated rings. The number of rotatable bonds is 5. The van der Waals surface area contributed by atoms with E-state index in [1.165, 1.54) is 0 Å². The van der Waals surface area contributed by atoms with Gasteiger partial charge in [-0.1, -0.05) is 30.9 Å². The van der Waals surface area contributed by atoms with Crippen LogP contribution >= 0.6 is 0 Å². The summed E-state index contributed by atoms with van der Waals surface area (Å²) in [5.41, 5.74) is 3.21. The maximum absolute atomic E-state index is 4.14. The first-order chi connectivity index (χ1) is 9.67. The van der Waals surface area contributed by atoms with Crippen LogP contribution in [0.3, 0.4) is 0 Å². The van der Waals surface area contributed by atoms with E-state index in [0.717, 1.165) is 22.7 Å². The quantitative estimate of drug-likeness (QED) is 0.501. The van der Waals surface area contributed by atoms with E-state index in [1.807, 2.05) is 37.3 Å². The molecule has 1 aromatic heterocycles. The SMILES string of the molecule is C=C\C=C/C=C(C)/C(=C\c1ccncc1)NC(C)=NC. The first kappa shape index (κ1) is 15.6. The zero-order chi connectivity index (χ0) is 14.8. The highest BCUT2D eigenvalue weighted by Gasteiger charge is 2.01. The number of hydrogen-bond acceptors (Lipinski definition) is 2. The lowest BCUT2D eigenvalue weighted by molar-refractivity contribution is 1.11. The Morgan fingerprint density at radius 1 is 1.25 bits per heavy atom. The Labute approximate surface area is 121 Å². The number of nitrogens with zero attached hydrogens (tertiary/aromatic N) is 2. The second-order valence-corrected chi connectivity index (χ2v) is 4.24. The van der Waals surface area contributed by atoms with E-state index in [-0.39, 0.29) is 0 Å². The first-order valence-corrected chi connectivity index (χ1v) is 6.46. The predicted octanol–water partition coefficient (Wildman–Crippen LogP) is 3.75. The highest BCUT2D eigenvalue weighted by molar-refractivity contribution is 5.83. The number of aliphatic imine (C=N–C) groups is 1. The fourth-order valence-corrected chi connectivity index (χ4v) is 1.49. The predicted molar refractivity (Wildman–Crippen MR) is 87.5 cm³/mol. The summed E-state index contributed by atoms with van der Waals surface area (Å²) in [4.78, 5) is 8.16. The second kappa shape index (κ2) is 8.64. The number of hydrogen-bond donors (Lipinski definition) is 1. The molecule has 0 bridgehead atoms. The molecule has 0 spiro atoms. The molecule has 3 nitrogen and oxygen atoms in total. The van der Waals surface area contributed by atoms with Gasteiger partial charge in [0.1, 0.15) is 0 Å². The molecule has 1 heterocycles. The lowest BCUT2D eigenvalue weighted by atomic mass is 10.1. The second-order valence-electron chi connectivity index (χ2n) is 4.24. The minimum atomic E-state index is 0.866. The molecule has 0 saturated carbocycles. The summed E-state index contributed by atoms with van der Waals surface area (Å²) in [5.74, 6) is 0.866. The number of pyridine rings is 1. The molecular formula is C17H21N3. The molecule has 0 aliphatic rings. The van der Waals surface area contributed by atoms with Crippen LogP contribution in [0.4, 0.5) is 0 Å². The Balaban J connectivity index is 3.08. The molecule has 0 atom stereocenters. The van der Waals surface area contributed by atoms with Crippen LogP contribution in [0.5, 0.6) is 0 Å². The number of nitrogens with one attached hydrogen (secondary N) is 1. The van der Waals surface area contributed by atoms with Gasteiger partial charge in [0, 0.05) is 25.1 Å². The molecular weight excluding hydrogens is 246 g/mol. The summed E-state index contributed by atoms with van der Waals surface area (Å²) in [5, 5.41) is 3.30. The average Bonchev–Trinajstić information content (AvgIpc) is 2.47. The third-order valence-electron chi connectivity index (χ3n) is 2.69. The molecule has 1 aromatic rings. The summed E-state index contributed by atoms with van der Waals surface area (Å²) in [7, 11) is 1.77. The van der Waals surface area contributed by atoms with Crippen molar-refractivity contribution in [3.8, 4) is 0 Å². The summed E-state index contributed by atoms with van der Waals surface area (Å²) < 4.78 is 0. The average molecular weight is 267 g/mol. The first-order valence-electron chi connectivity index (χ1n) is 6.46. The van der Waals surface area contributed by atoms with Crippen molar-refractivity contribution in [1.82, 2.24) is 10.3 Å². The molecule has 20 heavy (non-hydrogen) atoms. The molecule has 0 radical (unpaired) electrons. The molecule has 0 aliphatic heterocycles. The molecule has 0 amide bonds. The van der Waals surface area contributed by atoms with Crippen molar-refractivity contribution in [1.29, 1.82) is 0 Å². The number of aromatic nitrogens is 1. The maximum Gasteiger partial charge on any atom is 0.0972 e. The van der Waals surface area contributed by atoms with Crippen LogP contribution in [0.2, 0.25) is 0 Å². The van der Waals surface area contributed by atoms with Crippen molar-refractivity contribution in [3.05, 3.63) is 72.2 Å². The van der Waals surface area contributed by atoms with E-state index in [9.17, 15) is 0 Å². The Morgan fingerprint density at radius 2 is 1.95 bits per heavy atom. The third kappa shape index (κ3) is 5.48. The van der Waals surface area contributed by atoms with E-state index in [0.29, 0.717) is 0 Å². The van der Waals surface area contributed by atoms with Gasteiger partial charge >= 0.3 is 0 Å². The van der Waals surface area contributed by atoms with Crippen molar-refractivity contribution in [2.75, 3.05) is 7.05 Å². The van der Waals surface area contributed by atoms with Gasteiger partial charge < -0.3 is 5.32 Å². The molecule has 0 aromatic carbocycles. The van der Waals surface area contributed by atoms with Gasteiger partial charge in [0.25, 0.3) is 0 Å². The monoisotopic (exact) mass is 267 g/mol. The lowest BCUT2D eigenvalue weighted by Crippen LogP contribution is -2.20. The largest absolute Gasteiger partial charge is 0.344 e. The fourth-order valence-electron chi connectivity index (χ4n) is 1.49. The highest BCUT2D eigenvalue weighted by Crippen LogP contribution is 2.12. The molecule has 0 unspecified atom stereocenters. The topological polar surface area (TPSA) is 37.3 Å². The van der Waals surface area contributed by atoms with Gasteiger partial charge in [0.15, 0.2) is 0 Å². The van der Waals surface area contributed by atoms with Gasteiger partial charge in [-0.05, 0) is 43.2 Å². The molecule has 0 aliphatic carbocycles. The van der Waals surface area contributed by atoms with Crippen LogP contribution in [-0.2, 0) is 0 Å². The standard InChI is InChI=1S/C17H21N3/c1-5-6-7-8-14(2)17(20-15(3)18-4)13-16-9-11-19-12-10-16/h5-13H,1H2,2-4H3,(H,18,20)/b7-6-,14-8+,17-13+. The molecule has 0 saturated heterocycles. The van der Waals surface area contributed by atoms with Crippen molar-refractivity contribution < 1.29 is 0 Å². The summed E-state index contributed by atoms with van der Waals surface area (Å²) in [6.07, 6.45) is 13.3. The van der Waals surface area contributed by atoms with Gasteiger partial charge in [-0.3, -0.25) is 9.98 Å². The van der Waals surface area contributed by atoms with Crippen LogP contribution in [0, 0.1) is 0 Å². The fraction of sp³-hybridized carbons (Fsp3) is 0.176. The Kier molecular flexibility index (Phi) is 6.76. The Hall–Kier alpha value is -2.42. The zero-order valence-corrected chi connectivity index (χ0v) is 12.3. The van der Waals surface area contributed by atoms with Crippen LogP contribution in [0.15, 0.2) is 71.7 Å². The van der Waals surface area contributed by atoms with Crippen LogP contribution in [-0.4, -0.2) is 17.9 Å². The number of amidine groups is 1. The zero-order valence-electron chi connectivity index (χ0n) is 12.3. The highest BCUT2D eigenvalue weighted by atomic mass is 15.0. The molecule has 104 valence electrons. The van der Waals surface area contributed by atoms with Gasteiger partial charge in [-0.2, -0.15) is 0 Å². The normalized spacial score (nSPS) is 13.7. The van der Waals surface area contributed by atoms with E-state index in [4.69, 9.17) is 0 Å². The summed E-state index contributed by atoms with van der Waals surface area (Å²) in [6.45, 7) is 7.65. The number of allylic oxidation sites excluding steroid dienone is 5. The van der Waals surface area contributed by atoms with Gasteiger partial charge in [-0.15, -0.1) is 0 Å².